The normalized spacial score (nSPS) is 9.65. The van der Waals surface area contributed by atoms with E-state index < -0.39 is 0 Å². The maximum Gasteiger partial charge on any atom is 0.131 e. The number of benzene rings is 1. The minimum absolute atomic E-state index is 0.530. The van der Waals surface area contributed by atoms with Gasteiger partial charge in [0, 0.05) is 11.9 Å². The van der Waals surface area contributed by atoms with Crippen LogP contribution in [0.3, 0.4) is 0 Å². The summed E-state index contributed by atoms with van der Waals surface area (Å²) >= 11 is 6.01. The largest absolute Gasteiger partial charge is 0.399 e. The Morgan fingerprint density at radius 2 is 2.12 bits per heavy atom. The number of nitrogens with zero attached hydrogens (tertiary/aromatic N) is 2. The number of rotatable bonds is 2. The average molecular weight is 245 g/mol. The van der Waals surface area contributed by atoms with Crippen LogP contribution in [0.15, 0.2) is 36.5 Å². The summed E-state index contributed by atoms with van der Waals surface area (Å²) in [5.74, 6) is 0.552. The van der Waals surface area contributed by atoms with Gasteiger partial charge in [-0.15, -0.1) is 0 Å². The molecule has 84 valence electrons. The number of hydrogen-bond acceptors (Lipinski definition) is 4. The van der Waals surface area contributed by atoms with Crippen LogP contribution in [0.2, 0.25) is 5.02 Å². The Labute approximate surface area is 104 Å². The smallest absolute Gasteiger partial charge is 0.131 e. The maximum absolute atomic E-state index is 8.78. The van der Waals surface area contributed by atoms with Gasteiger partial charge < -0.3 is 11.1 Å². The van der Waals surface area contributed by atoms with Gasteiger partial charge in [-0.05, 0) is 30.3 Å². The van der Waals surface area contributed by atoms with Crippen LogP contribution in [0.1, 0.15) is 5.56 Å². The maximum atomic E-state index is 8.78. The Bertz CT molecular complexity index is 589. The van der Waals surface area contributed by atoms with E-state index in [4.69, 9.17) is 22.6 Å². The first kappa shape index (κ1) is 11.2. The molecule has 0 aliphatic heterocycles. The van der Waals surface area contributed by atoms with Crippen LogP contribution in [0.5, 0.6) is 0 Å². The van der Waals surface area contributed by atoms with Crippen LogP contribution in [0.4, 0.5) is 17.2 Å². The van der Waals surface area contributed by atoms with E-state index in [0.717, 1.165) is 0 Å². The number of nitrogens with one attached hydrogen (secondary N) is 1. The zero-order valence-electron chi connectivity index (χ0n) is 8.81. The van der Waals surface area contributed by atoms with Gasteiger partial charge in [0.05, 0.1) is 22.3 Å². The molecule has 0 unspecified atom stereocenters. The van der Waals surface area contributed by atoms with Crippen LogP contribution in [-0.2, 0) is 0 Å². The van der Waals surface area contributed by atoms with Crippen molar-refractivity contribution in [3.8, 4) is 6.07 Å². The van der Waals surface area contributed by atoms with Crippen molar-refractivity contribution >= 4 is 28.8 Å². The van der Waals surface area contributed by atoms with Crippen molar-refractivity contribution in [2.75, 3.05) is 11.1 Å². The number of nitrogen functional groups attached to an aromatic ring is 1. The molecular weight excluding hydrogens is 236 g/mol. The molecule has 0 aliphatic rings. The molecular formula is C12H9ClN4. The third-order valence-corrected chi connectivity index (χ3v) is 2.47. The van der Waals surface area contributed by atoms with E-state index in [9.17, 15) is 0 Å². The van der Waals surface area contributed by atoms with E-state index >= 15 is 0 Å². The summed E-state index contributed by atoms with van der Waals surface area (Å²) in [4.78, 5) is 4.09. The summed E-state index contributed by atoms with van der Waals surface area (Å²) in [7, 11) is 0. The predicted molar refractivity (Wildman–Crippen MR) is 68.1 cm³/mol. The van der Waals surface area contributed by atoms with Crippen molar-refractivity contribution in [3.05, 3.63) is 47.1 Å². The van der Waals surface area contributed by atoms with E-state index in [-0.39, 0.29) is 0 Å². The van der Waals surface area contributed by atoms with E-state index in [2.05, 4.69) is 10.3 Å². The zero-order valence-corrected chi connectivity index (χ0v) is 9.57. The predicted octanol–water partition coefficient (Wildman–Crippen LogP) is 2.93. The van der Waals surface area contributed by atoms with Gasteiger partial charge >= 0.3 is 0 Å². The topological polar surface area (TPSA) is 74.7 Å². The molecule has 2 rings (SSSR count). The van der Waals surface area contributed by atoms with E-state index in [1.54, 1.807) is 36.5 Å². The summed E-state index contributed by atoms with van der Waals surface area (Å²) in [6, 6.07) is 10.4. The summed E-state index contributed by atoms with van der Waals surface area (Å²) in [5.41, 5.74) is 7.46. The molecule has 4 nitrogen and oxygen atoms in total. The highest BCUT2D eigenvalue weighted by Gasteiger charge is 2.02. The van der Waals surface area contributed by atoms with Crippen molar-refractivity contribution in [2.24, 2.45) is 0 Å². The minimum atomic E-state index is 0.530. The first-order chi connectivity index (χ1) is 8.19. The van der Waals surface area contributed by atoms with Gasteiger partial charge in [0.2, 0.25) is 0 Å². The highest BCUT2D eigenvalue weighted by molar-refractivity contribution is 6.33. The lowest BCUT2D eigenvalue weighted by Gasteiger charge is -2.08. The lowest BCUT2D eigenvalue weighted by atomic mass is 10.2. The van der Waals surface area contributed by atoms with Crippen LogP contribution < -0.4 is 11.1 Å². The van der Waals surface area contributed by atoms with Gasteiger partial charge in [0.1, 0.15) is 5.82 Å². The fourth-order valence-electron chi connectivity index (χ4n) is 1.35. The number of nitrogens with two attached hydrogens (primary N) is 1. The van der Waals surface area contributed by atoms with Crippen molar-refractivity contribution in [1.29, 1.82) is 5.26 Å². The number of aromatic nitrogens is 1. The number of halogens is 1. The number of anilines is 3. The highest BCUT2D eigenvalue weighted by atomic mass is 35.5. The van der Waals surface area contributed by atoms with E-state index in [1.807, 2.05) is 6.07 Å². The van der Waals surface area contributed by atoms with E-state index in [0.29, 0.717) is 27.8 Å². The Morgan fingerprint density at radius 1 is 1.29 bits per heavy atom. The van der Waals surface area contributed by atoms with Gasteiger partial charge in [0.25, 0.3) is 0 Å². The Kier molecular flexibility index (Phi) is 3.12. The molecule has 0 saturated carbocycles. The molecule has 1 aromatic heterocycles. The summed E-state index contributed by atoms with van der Waals surface area (Å²) in [6.45, 7) is 0. The fraction of sp³-hybridized carbons (Fsp3) is 0. The lowest BCUT2D eigenvalue weighted by Crippen LogP contribution is -1.96. The van der Waals surface area contributed by atoms with Crippen LogP contribution in [0, 0.1) is 11.3 Å². The zero-order chi connectivity index (χ0) is 12.3. The van der Waals surface area contributed by atoms with Crippen molar-refractivity contribution in [2.45, 2.75) is 0 Å². The second kappa shape index (κ2) is 4.73. The number of nitriles is 1. The molecule has 0 atom stereocenters. The fourth-order valence-corrected chi connectivity index (χ4v) is 1.51. The van der Waals surface area contributed by atoms with Crippen LogP contribution >= 0.6 is 11.6 Å². The molecule has 0 aliphatic carbocycles. The second-order valence-electron chi connectivity index (χ2n) is 3.41. The first-order valence-corrected chi connectivity index (χ1v) is 5.25. The van der Waals surface area contributed by atoms with Crippen LogP contribution in [-0.4, -0.2) is 4.98 Å². The molecule has 0 spiro atoms. The molecule has 0 radical (unpaired) electrons. The van der Waals surface area contributed by atoms with Gasteiger partial charge in [-0.3, -0.25) is 0 Å². The summed E-state index contributed by atoms with van der Waals surface area (Å²) < 4.78 is 0. The monoisotopic (exact) mass is 244 g/mol. The van der Waals surface area contributed by atoms with Crippen LogP contribution in [0.25, 0.3) is 0 Å². The average Bonchev–Trinajstić information content (AvgIpc) is 2.34. The summed E-state index contributed by atoms with van der Waals surface area (Å²) in [6.07, 6.45) is 1.56. The molecule has 5 heteroatoms. The molecule has 0 bridgehead atoms. The Hall–Kier alpha value is -2.25. The minimum Gasteiger partial charge on any atom is -0.399 e. The van der Waals surface area contributed by atoms with E-state index in [1.165, 1.54) is 0 Å². The quantitative estimate of drug-likeness (QED) is 0.797. The van der Waals surface area contributed by atoms with Gasteiger partial charge in [-0.1, -0.05) is 11.6 Å². The SMILES string of the molecule is N#Cc1ccnc(Nc2cc(N)ccc2Cl)c1. The molecule has 0 amide bonds. The molecule has 0 saturated heterocycles. The number of hydrogen-bond donors (Lipinski definition) is 2. The van der Waals surface area contributed by atoms with Gasteiger partial charge in [0.15, 0.2) is 0 Å². The Morgan fingerprint density at radius 3 is 2.88 bits per heavy atom. The van der Waals surface area contributed by atoms with Gasteiger partial charge in [-0.2, -0.15) is 5.26 Å². The molecule has 3 N–H and O–H groups in total. The molecule has 0 fully saturated rings. The summed E-state index contributed by atoms with van der Waals surface area (Å²) in [5, 5.41) is 12.3. The highest BCUT2D eigenvalue weighted by Crippen LogP contribution is 2.26. The standard InChI is InChI=1S/C12H9ClN4/c13-10-2-1-9(15)6-11(10)17-12-5-8(7-14)3-4-16-12/h1-6H,15H2,(H,16,17). The number of pyridine rings is 1. The first-order valence-electron chi connectivity index (χ1n) is 4.87. The Balaban J connectivity index is 2.31. The third-order valence-electron chi connectivity index (χ3n) is 2.14. The molecule has 2 aromatic rings. The molecule has 1 aromatic carbocycles. The van der Waals surface area contributed by atoms with Crippen molar-refractivity contribution in [3.63, 3.8) is 0 Å². The molecule has 17 heavy (non-hydrogen) atoms. The van der Waals surface area contributed by atoms with Crippen molar-refractivity contribution in [1.82, 2.24) is 4.98 Å². The molecule has 1 heterocycles. The lowest BCUT2D eigenvalue weighted by molar-refractivity contribution is 1.29. The third kappa shape index (κ3) is 2.65. The van der Waals surface area contributed by atoms with Crippen molar-refractivity contribution < 1.29 is 0 Å². The van der Waals surface area contributed by atoms with Gasteiger partial charge in [-0.25, -0.2) is 4.98 Å². The second-order valence-corrected chi connectivity index (χ2v) is 3.81.